The Hall–Kier alpha value is -3.65. The number of fused-ring (bicyclic) bond motifs is 3. The summed E-state index contributed by atoms with van der Waals surface area (Å²) in [6, 6.07) is 10.7. The van der Waals surface area contributed by atoms with Crippen molar-refractivity contribution < 1.29 is 18.7 Å². The van der Waals surface area contributed by atoms with Gasteiger partial charge >= 0.3 is 12.1 Å². The molecular weight excluding hydrogens is 435 g/mol. The first-order chi connectivity index (χ1) is 15.5. The lowest BCUT2D eigenvalue weighted by Gasteiger charge is -2.35. The zero-order valence-electron chi connectivity index (χ0n) is 17.0. The first-order valence-corrected chi connectivity index (χ1v) is 10.3. The highest BCUT2D eigenvalue weighted by atomic mass is 35.5. The Labute approximate surface area is 187 Å². The molecule has 4 aromatic rings. The second-order valence-corrected chi connectivity index (χ2v) is 7.81. The number of nitrogens with one attached hydrogen (secondary N) is 1. The van der Waals surface area contributed by atoms with Crippen molar-refractivity contribution in [3.63, 3.8) is 0 Å². The molecule has 1 amide bonds. The smallest absolute Gasteiger partial charge is 0.416 e. The predicted molar refractivity (Wildman–Crippen MR) is 117 cm³/mol. The zero-order valence-corrected chi connectivity index (χ0v) is 17.8. The van der Waals surface area contributed by atoms with Crippen LogP contribution >= 0.6 is 11.6 Å². The Balaban J connectivity index is 1.57. The largest absolute Gasteiger partial charge is 0.467 e. The highest BCUT2D eigenvalue weighted by Crippen LogP contribution is 2.39. The summed E-state index contributed by atoms with van der Waals surface area (Å²) in [5.74, 6) is -0.146. The van der Waals surface area contributed by atoms with Gasteiger partial charge in [0.2, 0.25) is 0 Å². The SMILES string of the molecule is COc1ncc(C2c3[nH]c4ccc(Cl)cc4c3CCN2C(=O)Oc2ccc(F)cc2)cn1. The summed E-state index contributed by atoms with van der Waals surface area (Å²) in [6.07, 6.45) is 3.31. The van der Waals surface area contributed by atoms with Crippen LogP contribution in [0.25, 0.3) is 10.9 Å². The number of ether oxygens (including phenoxy) is 2. The number of methoxy groups -OCH3 is 1. The lowest BCUT2D eigenvalue weighted by Crippen LogP contribution is -2.42. The number of aromatic amines is 1. The van der Waals surface area contributed by atoms with Gasteiger partial charge in [-0.3, -0.25) is 4.90 Å². The Bertz CT molecular complexity index is 1290. The molecule has 0 aliphatic carbocycles. The summed E-state index contributed by atoms with van der Waals surface area (Å²) >= 11 is 6.23. The van der Waals surface area contributed by atoms with Gasteiger partial charge in [-0.05, 0) is 54.4 Å². The monoisotopic (exact) mass is 452 g/mol. The lowest BCUT2D eigenvalue weighted by atomic mass is 9.94. The van der Waals surface area contributed by atoms with E-state index in [0.29, 0.717) is 23.6 Å². The zero-order chi connectivity index (χ0) is 22.2. The standard InChI is InChI=1S/C23H18ClFN4O3/c1-31-22-26-11-13(12-27-22)21-20-17(18-10-14(24)2-7-19(18)28-20)8-9-29(21)23(30)32-16-5-3-15(25)4-6-16/h2-7,10-12,21,28H,8-9H2,1H3. The summed E-state index contributed by atoms with van der Waals surface area (Å²) < 4.78 is 23.8. The van der Waals surface area contributed by atoms with Crippen molar-refractivity contribution in [3.8, 4) is 11.8 Å². The number of carbonyl (C=O) groups is 1. The van der Waals surface area contributed by atoms with Crippen molar-refractivity contribution in [2.24, 2.45) is 0 Å². The van der Waals surface area contributed by atoms with E-state index in [1.807, 2.05) is 18.2 Å². The summed E-state index contributed by atoms with van der Waals surface area (Å²) in [7, 11) is 1.49. The highest BCUT2D eigenvalue weighted by molar-refractivity contribution is 6.31. The number of aromatic nitrogens is 3. The number of hydrogen-bond acceptors (Lipinski definition) is 5. The maximum Gasteiger partial charge on any atom is 0.416 e. The third-order valence-corrected chi connectivity index (χ3v) is 5.72. The number of benzene rings is 2. The summed E-state index contributed by atoms with van der Waals surface area (Å²) in [4.78, 5) is 26.6. The molecule has 0 saturated carbocycles. The van der Waals surface area contributed by atoms with E-state index in [0.717, 1.165) is 22.2 Å². The van der Waals surface area contributed by atoms with Crippen molar-refractivity contribution >= 4 is 28.6 Å². The van der Waals surface area contributed by atoms with Crippen molar-refractivity contribution in [2.75, 3.05) is 13.7 Å². The van der Waals surface area contributed by atoms with Crippen molar-refractivity contribution in [1.29, 1.82) is 0 Å². The van der Waals surface area contributed by atoms with Crippen molar-refractivity contribution in [1.82, 2.24) is 19.9 Å². The quantitative estimate of drug-likeness (QED) is 0.478. The van der Waals surface area contributed by atoms with Crippen LogP contribution in [0.3, 0.4) is 0 Å². The van der Waals surface area contributed by atoms with Gasteiger partial charge in [0.25, 0.3) is 0 Å². The fraction of sp³-hybridized carbons (Fsp3) is 0.174. The predicted octanol–water partition coefficient (Wildman–Crippen LogP) is 4.91. The molecule has 0 bridgehead atoms. The van der Waals surface area contributed by atoms with Crippen LogP contribution < -0.4 is 9.47 Å². The van der Waals surface area contributed by atoms with E-state index in [-0.39, 0.29) is 11.8 Å². The van der Waals surface area contributed by atoms with Gasteiger partial charge in [0, 0.05) is 46.1 Å². The van der Waals surface area contributed by atoms with E-state index < -0.39 is 18.0 Å². The van der Waals surface area contributed by atoms with E-state index in [4.69, 9.17) is 21.1 Å². The average Bonchev–Trinajstić information content (AvgIpc) is 3.18. The van der Waals surface area contributed by atoms with Crippen molar-refractivity contribution in [2.45, 2.75) is 12.5 Å². The summed E-state index contributed by atoms with van der Waals surface area (Å²) in [6.45, 7) is 0.406. The Morgan fingerprint density at radius 3 is 2.66 bits per heavy atom. The third-order valence-electron chi connectivity index (χ3n) is 5.49. The van der Waals surface area contributed by atoms with Gasteiger partial charge < -0.3 is 14.5 Å². The Kier molecular flexibility index (Phi) is 5.14. The highest BCUT2D eigenvalue weighted by Gasteiger charge is 2.36. The molecule has 1 unspecified atom stereocenters. The molecule has 1 aliphatic heterocycles. The second kappa shape index (κ2) is 8.12. The van der Waals surface area contributed by atoms with Gasteiger partial charge in [0.05, 0.1) is 7.11 Å². The molecule has 5 rings (SSSR count). The number of amides is 1. The van der Waals surface area contributed by atoms with E-state index in [9.17, 15) is 9.18 Å². The minimum absolute atomic E-state index is 0.230. The van der Waals surface area contributed by atoms with E-state index in [1.165, 1.54) is 31.4 Å². The molecule has 1 N–H and O–H groups in total. The molecule has 0 fully saturated rings. The molecule has 32 heavy (non-hydrogen) atoms. The van der Waals surface area contributed by atoms with Crippen LogP contribution in [0.1, 0.15) is 22.9 Å². The molecule has 3 heterocycles. The maximum absolute atomic E-state index is 13.2. The molecular formula is C23H18ClFN4O3. The van der Waals surface area contributed by atoms with Crippen LogP contribution in [-0.4, -0.2) is 39.6 Å². The number of halogens is 2. The molecule has 9 heteroatoms. The second-order valence-electron chi connectivity index (χ2n) is 7.38. The normalized spacial score (nSPS) is 15.5. The lowest BCUT2D eigenvalue weighted by molar-refractivity contribution is 0.135. The average molecular weight is 453 g/mol. The fourth-order valence-corrected chi connectivity index (χ4v) is 4.21. The Morgan fingerprint density at radius 2 is 1.94 bits per heavy atom. The molecule has 162 valence electrons. The molecule has 2 aromatic heterocycles. The molecule has 0 radical (unpaired) electrons. The topological polar surface area (TPSA) is 80.3 Å². The minimum atomic E-state index is -0.556. The van der Waals surface area contributed by atoms with Crippen LogP contribution in [0.4, 0.5) is 9.18 Å². The van der Waals surface area contributed by atoms with Gasteiger partial charge in [0.1, 0.15) is 17.6 Å². The molecule has 0 saturated heterocycles. The van der Waals surface area contributed by atoms with Crippen LogP contribution in [0.15, 0.2) is 54.9 Å². The number of rotatable bonds is 3. The minimum Gasteiger partial charge on any atom is -0.467 e. The molecule has 1 aliphatic rings. The number of carbonyl (C=O) groups excluding carboxylic acids is 1. The summed E-state index contributed by atoms with van der Waals surface area (Å²) in [5, 5.41) is 1.65. The van der Waals surface area contributed by atoms with Gasteiger partial charge in [-0.2, -0.15) is 0 Å². The number of nitrogens with zero attached hydrogens (tertiary/aromatic N) is 3. The fourth-order valence-electron chi connectivity index (χ4n) is 4.04. The van der Waals surface area contributed by atoms with Gasteiger partial charge in [-0.1, -0.05) is 11.6 Å². The molecule has 0 spiro atoms. The van der Waals surface area contributed by atoms with Crippen LogP contribution in [0.2, 0.25) is 5.02 Å². The van der Waals surface area contributed by atoms with Gasteiger partial charge in [-0.15, -0.1) is 0 Å². The van der Waals surface area contributed by atoms with Crippen LogP contribution in [-0.2, 0) is 6.42 Å². The van der Waals surface area contributed by atoms with Crippen LogP contribution in [0.5, 0.6) is 11.8 Å². The van der Waals surface area contributed by atoms with E-state index >= 15 is 0 Å². The maximum atomic E-state index is 13.2. The Morgan fingerprint density at radius 1 is 1.19 bits per heavy atom. The molecule has 7 nitrogen and oxygen atoms in total. The first-order valence-electron chi connectivity index (χ1n) is 9.93. The van der Waals surface area contributed by atoms with E-state index in [2.05, 4.69) is 15.0 Å². The summed E-state index contributed by atoms with van der Waals surface area (Å²) in [5.41, 5.74) is 3.54. The third kappa shape index (κ3) is 3.62. The number of hydrogen-bond donors (Lipinski definition) is 1. The van der Waals surface area contributed by atoms with Crippen LogP contribution in [0, 0.1) is 5.82 Å². The van der Waals surface area contributed by atoms with Gasteiger partial charge in [-0.25, -0.2) is 19.2 Å². The van der Waals surface area contributed by atoms with E-state index in [1.54, 1.807) is 17.3 Å². The molecule has 1 atom stereocenters. The molecule has 2 aromatic carbocycles. The van der Waals surface area contributed by atoms with Crippen molar-refractivity contribution in [3.05, 3.63) is 82.5 Å². The van der Waals surface area contributed by atoms with Gasteiger partial charge in [0.15, 0.2) is 0 Å². The number of H-pyrrole nitrogens is 1. The first kappa shape index (κ1) is 20.3.